The van der Waals surface area contributed by atoms with Crippen molar-refractivity contribution in [3.8, 4) is 0 Å². The van der Waals surface area contributed by atoms with Crippen molar-refractivity contribution >= 4 is 60.8 Å². The first-order valence-corrected chi connectivity index (χ1v) is 11.1. The van der Waals surface area contributed by atoms with Crippen molar-refractivity contribution < 1.29 is 29.1 Å². The fourth-order valence-corrected chi connectivity index (χ4v) is 2.84. The van der Waals surface area contributed by atoms with E-state index in [2.05, 4.69) is 46.2 Å². The second kappa shape index (κ2) is 16.0. The number of guanidine groups is 1. The van der Waals surface area contributed by atoms with Gasteiger partial charge in [-0.1, -0.05) is 0 Å². The van der Waals surface area contributed by atoms with E-state index in [1.54, 1.807) is 0 Å². The Morgan fingerprint density at radius 3 is 1.85 bits per heavy atom. The van der Waals surface area contributed by atoms with Crippen LogP contribution in [0.1, 0.15) is 25.7 Å². The lowest BCUT2D eigenvalue weighted by Gasteiger charge is -2.24. The molecule has 0 saturated heterocycles. The summed E-state index contributed by atoms with van der Waals surface area (Å²) in [6, 6.07) is -4.71. The molecule has 0 aromatic carbocycles. The lowest BCUT2D eigenvalue weighted by Crippen LogP contribution is -2.57. The van der Waals surface area contributed by atoms with Crippen molar-refractivity contribution in [1.29, 1.82) is 0 Å². The van der Waals surface area contributed by atoms with E-state index in [1.165, 1.54) is 0 Å². The molecular formula is C17H32N8O6S2. The Morgan fingerprint density at radius 1 is 0.818 bits per heavy atom. The largest absolute Gasteiger partial charge is 0.480 e. The predicted molar refractivity (Wildman–Crippen MR) is 127 cm³/mol. The molecule has 0 aromatic rings. The first-order valence-electron chi connectivity index (χ1n) is 9.87. The van der Waals surface area contributed by atoms with Gasteiger partial charge in [-0.25, -0.2) is 4.79 Å². The Hall–Kier alpha value is -2.72. The van der Waals surface area contributed by atoms with Crippen molar-refractivity contribution in [2.45, 2.75) is 49.9 Å². The maximum Gasteiger partial charge on any atom is 0.326 e. The maximum absolute atomic E-state index is 12.7. The van der Waals surface area contributed by atoms with Gasteiger partial charge in [-0.05, 0) is 19.3 Å². The zero-order valence-electron chi connectivity index (χ0n) is 17.9. The summed E-state index contributed by atoms with van der Waals surface area (Å²) < 4.78 is 0. The minimum Gasteiger partial charge on any atom is -0.480 e. The van der Waals surface area contributed by atoms with Crippen LogP contribution in [0, 0.1) is 0 Å². The van der Waals surface area contributed by atoms with E-state index in [1.807, 2.05) is 0 Å². The highest BCUT2D eigenvalue weighted by Gasteiger charge is 2.29. The molecule has 0 saturated carbocycles. The molecule has 33 heavy (non-hydrogen) atoms. The van der Waals surface area contributed by atoms with Crippen LogP contribution < -0.4 is 38.9 Å². The number of primary amides is 1. The molecular weight excluding hydrogens is 476 g/mol. The number of carboxylic acid groups (broad SMARTS) is 1. The van der Waals surface area contributed by atoms with E-state index in [9.17, 15) is 29.1 Å². The second-order valence-corrected chi connectivity index (χ2v) is 7.68. The molecule has 4 amide bonds. The van der Waals surface area contributed by atoms with Crippen molar-refractivity contribution in [2.75, 3.05) is 18.1 Å². The summed E-state index contributed by atoms with van der Waals surface area (Å²) in [6.45, 7) is 0.171. The van der Waals surface area contributed by atoms with Crippen LogP contribution in [0.3, 0.4) is 0 Å². The highest BCUT2D eigenvalue weighted by molar-refractivity contribution is 7.80. The zero-order chi connectivity index (χ0) is 25.6. The average molecular weight is 509 g/mol. The first kappa shape index (κ1) is 30.3. The van der Waals surface area contributed by atoms with Gasteiger partial charge in [0.2, 0.25) is 23.6 Å². The molecule has 0 aliphatic rings. The molecule has 0 aromatic heterocycles. The normalized spacial score (nSPS) is 14.2. The van der Waals surface area contributed by atoms with Crippen LogP contribution in [0.25, 0.3) is 0 Å². The van der Waals surface area contributed by atoms with Gasteiger partial charge in [-0.2, -0.15) is 25.3 Å². The third kappa shape index (κ3) is 12.8. The van der Waals surface area contributed by atoms with Gasteiger partial charge in [-0.15, -0.1) is 0 Å². The minimum absolute atomic E-state index is 0.0113. The molecule has 0 aliphatic heterocycles. The highest BCUT2D eigenvalue weighted by atomic mass is 32.1. The first-order chi connectivity index (χ1) is 15.4. The minimum atomic E-state index is -1.29. The van der Waals surface area contributed by atoms with Gasteiger partial charge in [-0.3, -0.25) is 24.2 Å². The van der Waals surface area contributed by atoms with Gasteiger partial charge in [0, 0.05) is 24.5 Å². The van der Waals surface area contributed by atoms with Gasteiger partial charge in [0.15, 0.2) is 5.96 Å². The van der Waals surface area contributed by atoms with Gasteiger partial charge in [0.1, 0.15) is 18.1 Å². The number of carbonyl (C=O) groups is 5. The van der Waals surface area contributed by atoms with Crippen LogP contribution in [0.5, 0.6) is 0 Å². The van der Waals surface area contributed by atoms with Crippen LogP contribution in [-0.4, -0.2) is 82.9 Å². The van der Waals surface area contributed by atoms with Crippen LogP contribution in [-0.2, 0) is 24.0 Å². The van der Waals surface area contributed by atoms with Crippen molar-refractivity contribution in [1.82, 2.24) is 16.0 Å². The van der Waals surface area contributed by atoms with E-state index in [-0.39, 0.29) is 49.7 Å². The van der Waals surface area contributed by atoms with Gasteiger partial charge >= 0.3 is 5.97 Å². The lowest BCUT2D eigenvalue weighted by atomic mass is 10.1. The number of hydrogen-bond acceptors (Lipinski definition) is 9. The Balaban J connectivity index is 5.18. The Bertz CT molecular complexity index is 734. The van der Waals surface area contributed by atoms with E-state index < -0.39 is 53.8 Å². The molecule has 0 radical (unpaired) electrons. The van der Waals surface area contributed by atoms with E-state index >= 15 is 0 Å². The van der Waals surface area contributed by atoms with E-state index in [0.29, 0.717) is 0 Å². The average Bonchev–Trinajstić information content (AvgIpc) is 2.75. The molecule has 0 heterocycles. The molecule has 0 bridgehead atoms. The van der Waals surface area contributed by atoms with Crippen LogP contribution in [0.2, 0.25) is 0 Å². The monoisotopic (exact) mass is 508 g/mol. The highest BCUT2D eigenvalue weighted by Crippen LogP contribution is 2.03. The van der Waals surface area contributed by atoms with Gasteiger partial charge in [0.25, 0.3) is 0 Å². The fourth-order valence-electron chi connectivity index (χ4n) is 2.42. The van der Waals surface area contributed by atoms with Crippen LogP contribution >= 0.6 is 25.3 Å². The molecule has 0 spiro atoms. The summed E-state index contributed by atoms with van der Waals surface area (Å²) in [4.78, 5) is 63.5. The summed E-state index contributed by atoms with van der Waals surface area (Å²) in [6.07, 6.45) is -0.0532. The summed E-state index contributed by atoms with van der Waals surface area (Å²) in [5.74, 6) is -4.59. The molecule has 0 fully saturated rings. The van der Waals surface area contributed by atoms with Crippen LogP contribution in [0.4, 0.5) is 0 Å². The Kier molecular flexibility index (Phi) is 14.7. The molecule has 0 aliphatic carbocycles. The number of thiol groups is 2. The molecule has 4 unspecified atom stereocenters. The number of nitrogens with two attached hydrogens (primary N) is 4. The number of nitrogens with zero attached hydrogens (tertiary/aromatic N) is 1. The predicted octanol–water partition coefficient (Wildman–Crippen LogP) is -3.97. The fraction of sp³-hybridized carbons (Fsp3) is 0.647. The molecule has 188 valence electrons. The quantitative estimate of drug-likeness (QED) is 0.0421. The SMILES string of the molecule is NC(=O)CCC(NC(=O)C(N)CS)C(=O)NC(CS)C(=O)NC(CCCN=C(N)N)C(=O)O. The summed E-state index contributed by atoms with van der Waals surface area (Å²) in [5, 5.41) is 16.4. The third-order valence-electron chi connectivity index (χ3n) is 4.22. The van der Waals surface area contributed by atoms with Crippen molar-refractivity contribution in [3.05, 3.63) is 0 Å². The smallest absolute Gasteiger partial charge is 0.326 e. The summed E-state index contributed by atoms with van der Waals surface area (Å²) >= 11 is 7.93. The third-order valence-corrected chi connectivity index (χ3v) is 4.98. The van der Waals surface area contributed by atoms with Crippen molar-refractivity contribution in [3.63, 3.8) is 0 Å². The topological polar surface area (TPSA) is 258 Å². The van der Waals surface area contributed by atoms with E-state index in [0.717, 1.165) is 0 Å². The summed E-state index contributed by atoms with van der Waals surface area (Å²) in [7, 11) is 0. The number of nitrogens with one attached hydrogen (secondary N) is 3. The Labute approximate surface area is 201 Å². The molecule has 16 heteroatoms. The number of rotatable bonds is 16. The van der Waals surface area contributed by atoms with Crippen LogP contribution in [0.15, 0.2) is 4.99 Å². The number of aliphatic carboxylic acids is 1. The zero-order valence-corrected chi connectivity index (χ0v) is 19.7. The number of amides is 4. The van der Waals surface area contributed by atoms with Crippen molar-refractivity contribution in [2.24, 2.45) is 27.9 Å². The number of hydrogen-bond donors (Lipinski definition) is 10. The summed E-state index contributed by atoms with van der Waals surface area (Å²) in [5.41, 5.74) is 21.1. The maximum atomic E-state index is 12.7. The number of carboxylic acids is 1. The van der Waals surface area contributed by atoms with Gasteiger partial charge in [0.05, 0.1) is 6.04 Å². The standard InChI is InChI=1S/C17H32N8O6S2/c18-8(6-32)13(27)23-9(3-4-12(19)26)14(28)25-11(7-33)15(29)24-10(16(30)31)2-1-5-22-17(20)21/h8-11,32-33H,1-7,18H2,(H2,19,26)(H,23,27)(H,24,29)(H,25,28)(H,30,31)(H4,20,21,22). The number of carbonyl (C=O) groups excluding carboxylic acids is 4. The molecule has 4 atom stereocenters. The second-order valence-electron chi connectivity index (χ2n) is 6.95. The number of aliphatic imine (C=N–C) groups is 1. The lowest BCUT2D eigenvalue weighted by molar-refractivity contribution is -0.142. The Morgan fingerprint density at radius 2 is 1.36 bits per heavy atom. The van der Waals surface area contributed by atoms with Gasteiger partial charge < -0.3 is 44.0 Å². The molecule has 12 N–H and O–H groups in total. The molecule has 0 rings (SSSR count). The van der Waals surface area contributed by atoms with E-state index in [4.69, 9.17) is 22.9 Å². The molecule has 14 nitrogen and oxygen atoms in total.